The molecule has 0 aliphatic rings. The predicted molar refractivity (Wildman–Crippen MR) is 77.6 cm³/mol. The minimum Gasteiger partial charge on any atom is -0.489 e. The van der Waals surface area contributed by atoms with Gasteiger partial charge in [0.05, 0.1) is 22.5 Å². The summed E-state index contributed by atoms with van der Waals surface area (Å²) in [5, 5.41) is 7.27. The zero-order chi connectivity index (χ0) is 16.3. The van der Waals surface area contributed by atoms with E-state index in [1.807, 2.05) is 0 Å². The molecule has 0 aliphatic heterocycles. The molecule has 0 bridgehead atoms. The minimum absolute atomic E-state index is 0.00612. The summed E-state index contributed by atoms with van der Waals surface area (Å²) in [6.07, 6.45) is -0.247. The Morgan fingerprint density at radius 1 is 1.43 bits per heavy atom. The number of anilines is 1. The number of halogens is 2. The van der Waals surface area contributed by atoms with Crippen molar-refractivity contribution in [2.75, 3.05) is 4.90 Å². The zero-order valence-corrected chi connectivity index (χ0v) is 12.5. The smallest absolute Gasteiger partial charge is 0.326 e. The van der Waals surface area contributed by atoms with E-state index in [0.717, 1.165) is 19.1 Å². The number of imide groups is 1. The number of urea groups is 1. The predicted octanol–water partition coefficient (Wildman–Crippen LogP) is 2.72. The summed E-state index contributed by atoms with van der Waals surface area (Å²) in [5.74, 6) is -1.85. The van der Waals surface area contributed by atoms with Crippen molar-refractivity contribution >= 4 is 34.9 Å². The summed E-state index contributed by atoms with van der Waals surface area (Å²) in [5.41, 5.74) is 4.21. The average Bonchev–Trinajstić information content (AvgIpc) is 2.33. The van der Waals surface area contributed by atoms with Crippen LogP contribution < -0.4 is 15.4 Å². The second-order valence-electron chi connectivity index (χ2n) is 4.50. The molecule has 0 atom stereocenters. The molecule has 114 valence electrons. The van der Waals surface area contributed by atoms with Crippen molar-refractivity contribution in [1.82, 2.24) is 0 Å². The molecule has 0 heterocycles. The fraction of sp³-hybridized carbons (Fsp3) is 0.308. The molecule has 8 heteroatoms. The second kappa shape index (κ2) is 6.53. The van der Waals surface area contributed by atoms with Crippen LogP contribution in [0.2, 0.25) is 5.02 Å². The molecule has 0 saturated carbocycles. The van der Waals surface area contributed by atoms with E-state index in [2.05, 4.69) is 0 Å². The standard InChI is InChI=1S/C13H15ClFN3O3/c1-6(2)21-11-5-10(9(15)4-8(11)14)18(13(17)20)12(19)7(3)16/h4-6,16H,1-3H3,(H2,17,20). The van der Waals surface area contributed by atoms with Gasteiger partial charge >= 0.3 is 6.03 Å². The van der Waals surface area contributed by atoms with E-state index in [1.54, 1.807) is 13.8 Å². The van der Waals surface area contributed by atoms with Crippen molar-refractivity contribution in [3.05, 3.63) is 23.0 Å². The Labute approximate surface area is 126 Å². The van der Waals surface area contributed by atoms with Gasteiger partial charge in [0.2, 0.25) is 0 Å². The van der Waals surface area contributed by atoms with Crippen LogP contribution in [0.15, 0.2) is 12.1 Å². The van der Waals surface area contributed by atoms with Crippen LogP contribution in [0.25, 0.3) is 0 Å². The van der Waals surface area contributed by atoms with Crippen LogP contribution in [0, 0.1) is 11.2 Å². The number of amides is 3. The Kier molecular flexibility index (Phi) is 5.26. The number of benzene rings is 1. The lowest BCUT2D eigenvalue weighted by Gasteiger charge is -2.20. The third kappa shape index (κ3) is 3.91. The van der Waals surface area contributed by atoms with Gasteiger partial charge in [-0.1, -0.05) is 11.6 Å². The number of carbonyl (C=O) groups is 2. The van der Waals surface area contributed by atoms with Gasteiger partial charge in [-0.3, -0.25) is 10.2 Å². The number of nitrogens with one attached hydrogen (secondary N) is 1. The first kappa shape index (κ1) is 16.9. The Balaban J connectivity index is 3.41. The van der Waals surface area contributed by atoms with Gasteiger partial charge in [-0.15, -0.1) is 0 Å². The molecule has 0 radical (unpaired) electrons. The molecule has 1 aromatic carbocycles. The molecule has 0 unspecified atom stereocenters. The molecule has 3 amide bonds. The summed E-state index contributed by atoms with van der Waals surface area (Å²) in [4.78, 5) is 23.6. The molecule has 0 aromatic heterocycles. The lowest BCUT2D eigenvalue weighted by molar-refractivity contribution is -0.112. The number of hydrogen-bond acceptors (Lipinski definition) is 4. The van der Waals surface area contributed by atoms with E-state index in [4.69, 9.17) is 27.5 Å². The lowest BCUT2D eigenvalue weighted by Crippen LogP contribution is -2.44. The van der Waals surface area contributed by atoms with E-state index in [1.165, 1.54) is 0 Å². The van der Waals surface area contributed by atoms with Crippen LogP contribution in [-0.2, 0) is 4.79 Å². The monoisotopic (exact) mass is 315 g/mol. The summed E-state index contributed by atoms with van der Waals surface area (Å²) in [7, 11) is 0. The van der Waals surface area contributed by atoms with Crippen LogP contribution in [-0.4, -0.2) is 23.8 Å². The highest BCUT2D eigenvalue weighted by molar-refractivity contribution is 6.46. The quantitative estimate of drug-likeness (QED) is 0.836. The van der Waals surface area contributed by atoms with E-state index >= 15 is 0 Å². The molecular formula is C13H15ClFN3O3. The molecule has 3 N–H and O–H groups in total. The first-order valence-corrected chi connectivity index (χ1v) is 6.37. The maximum atomic E-state index is 14.0. The molecule has 0 aliphatic carbocycles. The molecule has 1 aromatic rings. The third-order valence-corrected chi connectivity index (χ3v) is 2.64. The SMILES string of the molecule is CC(=N)C(=O)N(C(N)=O)c1cc(OC(C)C)c(Cl)cc1F. The minimum atomic E-state index is -1.21. The van der Waals surface area contributed by atoms with Gasteiger partial charge in [-0.25, -0.2) is 14.1 Å². The van der Waals surface area contributed by atoms with Gasteiger partial charge < -0.3 is 10.5 Å². The Morgan fingerprint density at radius 2 is 2.00 bits per heavy atom. The number of carbonyl (C=O) groups excluding carboxylic acids is 2. The molecule has 1 rings (SSSR count). The number of ether oxygens (including phenoxy) is 1. The number of primary amides is 1. The molecule has 0 saturated heterocycles. The summed E-state index contributed by atoms with van der Waals surface area (Å²) < 4.78 is 19.4. The summed E-state index contributed by atoms with van der Waals surface area (Å²) in [6.45, 7) is 4.63. The fourth-order valence-electron chi connectivity index (χ4n) is 1.53. The van der Waals surface area contributed by atoms with Crippen LogP contribution in [0.5, 0.6) is 5.75 Å². The maximum Gasteiger partial charge on any atom is 0.326 e. The van der Waals surface area contributed by atoms with Crippen molar-refractivity contribution in [1.29, 1.82) is 5.41 Å². The van der Waals surface area contributed by atoms with Gasteiger partial charge in [0.25, 0.3) is 5.91 Å². The van der Waals surface area contributed by atoms with E-state index < -0.39 is 29.2 Å². The summed E-state index contributed by atoms with van der Waals surface area (Å²) in [6, 6.07) is 0.809. The third-order valence-electron chi connectivity index (χ3n) is 2.35. The van der Waals surface area contributed by atoms with Gasteiger partial charge in [-0.2, -0.15) is 0 Å². The Hall–Kier alpha value is -2.15. The average molecular weight is 316 g/mol. The van der Waals surface area contributed by atoms with Crippen LogP contribution >= 0.6 is 11.6 Å². The van der Waals surface area contributed by atoms with Gasteiger partial charge in [0, 0.05) is 6.07 Å². The molecule has 0 spiro atoms. The zero-order valence-electron chi connectivity index (χ0n) is 11.7. The van der Waals surface area contributed by atoms with E-state index in [0.29, 0.717) is 4.90 Å². The molecule has 6 nitrogen and oxygen atoms in total. The molecular weight excluding hydrogens is 301 g/mol. The van der Waals surface area contributed by atoms with Crippen molar-refractivity contribution in [3.63, 3.8) is 0 Å². The Morgan fingerprint density at radius 3 is 2.43 bits per heavy atom. The highest BCUT2D eigenvalue weighted by Crippen LogP contribution is 2.33. The van der Waals surface area contributed by atoms with E-state index in [9.17, 15) is 14.0 Å². The fourth-order valence-corrected chi connectivity index (χ4v) is 1.72. The van der Waals surface area contributed by atoms with Gasteiger partial charge in [0.15, 0.2) is 0 Å². The van der Waals surface area contributed by atoms with Gasteiger partial charge in [0.1, 0.15) is 11.6 Å². The first-order valence-electron chi connectivity index (χ1n) is 5.99. The highest BCUT2D eigenvalue weighted by Gasteiger charge is 2.27. The maximum absolute atomic E-state index is 14.0. The van der Waals surface area contributed by atoms with Crippen LogP contribution in [0.3, 0.4) is 0 Å². The van der Waals surface area contributed by atoms with Crippen LogP contribution in [0.1, 0.15) is 20.8 Å². The van der Waals surface area contributed by atoms with E-state index in [-0.39, 0.29) is 16.9 Å². The normalized spacial score (nSPS) is 10.4. The molecule has 0 fully saturated rings. The number of rotatable bonds is 4. The number of hydrogen-bond donors (Lipinski definition) is 2. The van der Waals surface area contributed by atoms with Crippen molar-refractivity contribution < 1.29 is 18.7 Å². The number of nitrogens with zero attached hydrogens (tertiary/aromatic N) is 1. The van der Waals surface area contributed by atoms with Crippen molar-refractivity contribution in [3.8, 4) is 5.75 Å². The number of nitrogens with two attached hydrogens (primary N) is 1. The largest absolute Gasteiger partial charge is 0.489 e. The Bertz CT molecular complexity index is 605. The highest BCUT2D eigenvalue weighted by atomic mass is 35.5. The summed E-state index contributed by atoms with van der Waals surface area (Å²) >= 11 is 5.85. The topological polar surface area (TPSA) is 96.5 Å². The molecule has 21 heavy (non-hydrogen) atoms. The second-order valence-corrected chi connectivity index (χ2v) is 4.91. The van der Waals surface area contributed by atoms with Gasteiger partial charge in [-0.05, 0) is 26.8 Å². The van der Waals surface area contributed by atoms with Crippen molar-refractivity contribution in [2.45, 2.75) is 26.9 Å². The van der Waals surface area contributed by atoms with Crippen LogP contribution in [0.4, 0.5) is 14.9 Å². The lowest BCUT2D eigenvalue weighted by atomic mass is 10.2. The van der Waals surface area contributed by atoms with Crippen molar-refractivity contribution in [2.24, 2.45) is 5.73 Å². The first-order chi connectivity index (χ1) is 9.65.